The van der Waals surface area contributed by atoms with Gasteiger partial charge in [0.15, 0.2) is 12.1 Å². The summed E-state index contributed by atoms with van der Waals surface area (Å²) in [7, 11) is 0. The van der Waals surface area contributed by atoms with Crippen LogP contribution in [0, 0.1) is 0 Å². The molecule has 2 aromatic heterocycles. The Kier molecular flexibility index (Phi) is 6.79. The standard InChI is InChI=1S/C24H31F3N8/c25-24(26,27)16-3-1-15(2-4-16)13-35-11-9-19(10-12-35)31-22-20-21(30-14-29-20)33-23(34-22)32-18-7-5-17(28)6-8-18/h1-4,14,17-19H,5-13,28H2,(H3,29,30,31,32,33,34)/p+1. The van der Waals surface area contributed by atoms with Crippen molar-refractivity contribution in [1.82, 2.24) is 19.9 Å². The maximum Gasteiger partial charge on any atom is 0.416 e. The van der Waals surface area contributed by atoms with Crippen LogP contribution in [0.4, 0.5) is 24.9 Å². The minimum atomic E-state index is -4.30. The van der Waals surface area contributed by atoms with Crippen molar-refractivity contribution >= 4 is 22.9 Å². The molecule has 188 valence electrons. The van der Waals surface area contributed by atoms with Gasteiger partial charge in [0.2, 0.25) is 5.52 Å². The molecular formula is C24H32F3N8+. The SMILES string of the molecule is NC1CCC(Nc2nc(NC3CCN(Cc4ccc(C(F)(F)F)cc4)CC3)c3[nH]c[nH+]c3n2)CC1. The first kappa shape index (κ1) is 23.8. The van der Waals surface area contributed by atoms with E-state index < -0.39 is 11.7 Å². The van der Waals surface area contributed by atoms with E-state index in [4.69, 9.17) is 10.7 Å². The van der Waals surface area contributed by atoms with E-state index in [-0.39, 0.29) is 12.1 Å². The molecule has 0 radical (unpaired) electrons. The molecule has 3 heterocycles. The lowest BCUT2D eigenvalue weighted by atomic mass is 9.92. The minimum Gasteiger partial charge on any atom is -0.364 e. The van der Waals surface area contributed by atoms with E-state index in [2.05, 4.69) is 30.5 Å². The van der Waals surface area contributed by atoms with Crippen molar-refractivity contribution < 1.29 is 18.2 Å². The molecule has 3 aromatic rings. The molecule has 5 rings (SSSR count). The van der Waals surface area contributed by atoms with E-state index in [1.165, 1.54) is 0 Å². The number of hydrogen-bond acceptors (Lipinski definition) is 6. The normalized spacial score (nSPS) is 22.4. The molecule has 0 unspecified atom stereocenters. The average molecular weight is 490 g/mol. The minimum absolute atomic E-state index is 0.251. The second kappa shape index (κ2) is 9.98. The molecule has 1 aromatic carbocycles. The number of fused-ring (bicyclic) bond motifs is 1. The Morgan fingerprint density at radius 2 is 1.66 bits per heavy atom. The first-order chi connectivity index (χ1) is 16.8. The lowest BCUT2D eigenvalue weighted by molar-refractivity contribution is -0.347. The summed E-state index contributed by atoms with van der Waals surface area (Å²) in [5, 5.41) is 7.07. The number of imidazole rings is 1. The molecule has 2 fully saturated rings. The van der Waals surface area contributed by atoms with Crippen molar-refractivity contribution in [3.63, 3.8) is 0 Å². The topological polar surface area (TPSA) is 109 Å². The Hall–Kier alpha value is -2.92. The number of aromatic nitrogens is 4. The molecule has 0 amide bonds. The Bertz CT molecular complexity index is 1110. The van der Waals surface area contributed by atoms with Gasteiger partial charge in [-0.05, 0) is 56.2 Å². The zero-order valence-electron chi connectivity index (χ0n) is 19.5. The second-order valence-electron chi connectivity index (χ2n) is 9.70. The van der Waals surface area contributed by atoms with Gasteiger partial charge in [-0.25, -0.2) is 4.98 Å². The predicted molar refractivity (Wildman–Crippen MR) is 128 cm³/mol. The first-order valence-electron chi connectivity index (χ1n) is 12.3. The van der Waals surface area contributed by atoms with Crippen molar-refractivity contribution in [2.45, 2.75) is 69.4 Å². The van der Waals surface area contributed by atoms with E-state index >= 15 is 0 Å². The quantitative estimate of drug-likeness (QED) is 0.422. The molecular weight excluding hydrogens is 457 g/mol. The zero-order chi connectivity index (χ0) is 24.4. The fourth-order valence-electron chi connectivity index (χ4n) is 4.98. The third-order valence-corrected chi connectivity index (χ3v) is 7.06. The third-order valence-electron chi connectivity index (χ3n) is 7.06. The van der Waals surface area contributed by atoms with Crippen LogP contribution >= 0.6 is 0 Å². The van der Waals surface area contributed by atoms with E-state index in [0.29, 0.717) is 18.5 Å². The second-order valence-corrected chi connectivity index (χ2v) is 9.70. The number of likely N-dealkylation sites (tertiary alicyclic amines) is 1. The van der Waals surface area contributed by atoms with Gasteiger partial charge >= 0.3 is 17.8 Å². The summed E-state index contributed by atoms with van der Waals surface area (Å²) in [6, 6.07) is 6.32. The van der Waals surface area contributed by atoms with Gasteiger partial charge in [0.25, 0.3) is 0 Å². The summed E-state index contributed by atoms with van der Waals surface area (Å²) in [5.41, 5.74) is 7.90. The Balaban J connectivity index is 1.18. The monoisotopic (exact) mass is 489 g/mol. The van der Waals surface area contributed by atoms with Gasteiger partial charge in [0.05, 0.1) is 5.56 Å². The lowest BCUT2D eigenvalue weighted by Gasteiger charge is -2.32. The molecule has 11 heteroatoms. The van der Waals surface area contributed by atoms with Crippen LogP contribution in [0.2, 0.25) is 0 Å². The van der Waals surface area contributed by atoms with Gasteiger partial charge in [-0.2, -0.15) is 18.2 Å². The van der Waals surface area contributed by atoms with Crippen LogP contribution in [0.25, 0.3) is 11.2 Å². The summed E-state index contributed by atoms with van der Waals surface area (Å²) in [6.45, 7) is 2.36. The number of piperidine rings is 1. The molecule has 1 saturated heterocycles. The van der Waals surface area contributed by atoms with Crippen molar-refractivity contribution in [3.05, 3.63) is 41.7 Å². The van der Waals surface area contributed by atoms with Crippen LogP contribution in [0.1, 0.15) is 49.7 Å². The fraction of sp³-hybridized carbons (Fsp3) is 0.542. The Morgan fingerprint density at radius 1 is 0.971 bits per heavy atom. The highest BCUT2D eigenvalue weighted by Crippen LogP contribution is 2.29. The number of hydrogen-bond donors (Lipinski definition) is 4. The predicted octanol–water partition coefficient (Wildman–Crippen LogP) is 3.55. The lowest BCUT2D eigenvalue weighted by Crippen LogP contribution is -2.39. The first-order valence-corrected chi connectivity index (χ1v) is 12.3. The van der Waals surface area contributed by atoms with E-state index in [0.717, 1.165) is 86.3 Å². The number of halogens is 3. The molecule has 1 aliphatic carbocycles. The maximum atomic E-state index is 12.8. The molecule has 0 bridgehead atoms. The van der Waals surface area contributed by atoms with Crippen LogP contribution in [0.5, 0.6) is 0 Å². The smallest absolute Gasteiger partial charge is 0.364 e. The van der Waals surface area contributed by atoms with Crippen molar-refractivity contribution in [2.75, 3.05) is 23.7 Å². The largest absolute Gasteiger partial charge is 0.416 e. The van der Waals surface area contributed by atoms with Crippen LogP contribution in [0.3, 0.4) is 0 Å². The van der Waals surface area contributed by atoms with Crippen LogP contribution in [-0.4, -0.2) is 51.1 Å². The van der Waals surface area contributed by atoms with E-state index in [1.807, 2.05) is 0 Å². The number of H-pyrrole nitrogens is 2. The van der Waals surface area contributed by atoms with Crippen molar-refractivity contribution in [3.8, 4) is 0 Å². The number of nitrogens with two attached hydrogens (primary N) is 1. The van der Waals surface area contributed by atoms with Crippen LogP contribution < -0.4 is 21.4 Å². The Labute approximate surface area is 201 Å². The number of benzene rings is 1. The molecule has 6 N–H and O–H groups in total. The zero-order valence-corrected chi connectivity index (χ0v) is 19.5. The number of nitrogens with zero attached hydrogens (tertiary/aromatic N) is 3. The number of nitrogens with one attached hydrogen (secondary N) is 4. The number of rotatable bonds is 6. The summed E-state index contributed by atoms with van der Waals surface area (Å²) in [4.78, 5) is 18.0. The molecule has 0 spiro atoms. The van der Waals surface area contributed by atoms with Crippen molar-refractivity contribution in [1.29, 1.82) is 0 Å². The van der Waals surface area contributed by atoms with E-state index in [9.17, 15) is 13.2 Å². The fourth-order valence-corrected chi connectivity index (χ4v) is 4.98. The summed E-state index contributed by atoms with van der Waals surface area (Å²) in [6.07, 6.45) is 3.32. The van der Waals surface area contributed by atoms with Crippen LogP contribution in [0.15, 0.2) is 30.6 Å². The molecule has 35 heavy (non-hydrogen) atoms. The molecule has 2 aliphatic rings. The highest BCUT2D eigenvalue weighted by molar-refractivity contribution is 5.81. The summed E-state index contributed by atoms with van der Waals surface area (Å²) < 4.78 is 38.4. The van der Waals surface area contributed by atoms with Crippen molar-refractivity contribution in [2.24, 2.45) is 5.73 Å². The van der Waals surface area contributed by atoms with Crippen LogP contribution in [-0.2, 0) is 12.7 Å². The summed E-state index contributed by atoms with van der Waals surface area (Å²) in [5.74, 6) is 1.38. The molecule has 1 saturated carbocycles. The number of anilines is 2. The summed E-state index contributed by atoms with van der Waals surface area (Å²) >= 11 is 0. The average Bonchev–Trinajstić information content (AvgIpc) is 3.31. The highest BCUT2D eigenvalue weighted by atomic mass is 19.4. The highest BCUT2D eigenvalue weighted by Gasteiger charge is 2.30. The number of alkyl halides is 3. The van der Waals surface area contributed by atoms with Gasteiger partial charge in [-0.3, -0.25) is 9.88 Å². The van der Waals surface area contributed by atoms with Gasteiger partial charge in [-0.1, -0.05) is 17.1 Å². The third kappa shape index (κ3) is 5.84. The van der Waals surface area contributed by atoms with Gasteiger partial charge in [0.1, 0.15) is 0 Å². The van der Waals surface area contributed by atoms with E-state index in [1.54, 1.807) is 18.5 Å². The molecule has 0 atom stereocenters. The molecule has 8 nitrogen and oxygen atoms in total. The van der Waals surface area contributed by atoms with Gasteiger partial charge in [0, 0.05) is 37.8 Å². The maximum absolute atomic E-state index is 12.8. The Morgan fingerprint density at radius 3 is 2.34 bits per heavy atom. The molecule has 1 aliphatic heterocycles. The van der Waals surface area contributed by atoms with Gasteiger partial charge in [-0.15, -0.1) is 0 Å². The van der Waals surface area contributed by atoms with Gasteiger partial charge < -0.3 is 16.4 Å². The number of aromatic amines is 2.